The van der Waals surface area contributed by atoms with Gasteiger partial charge in [-0.25, -0.2) is 13.2 Å². The molecule has 4 N–H and O–H groups in total. The number of methoxy groups -OCH3 is 1. The summed E-state index contributed by atoms with van der Waals surface area (Å²) in [5.74, 6) is -3.42. The second-order valence-corrected chi connectivity index (χ2v) is 21.5. The molecular formula is C46H75N7O11S. The van der Waals surface area contributed by atoms with Crippen LogP contribution in [0.2, 0.25) is 0 Å². The number of sulfone groups is 1. The molecule has 5 rings (SSSR count). The third kappa shape index (κ3) is 12.6. The normalized spacial score (nSPS) is 34.4. The van der Waals surface area contributed by atoms with Gasteiger partial charge in [0.15, 0.2) is 17.7 Å². The Morgan fingerprint density at radius 2 is 1.78 bits per heavy atom. The number of Topliss-reactive ketones (excluding diaryl/α,β-unsaturated/α-hetero) is 1. The monoisotopic (exact) mass is 934 g/mol. The van der Waals surface area contributed by atoms with Gasteiger partial charge < -0.3 is 44.7 Å². The first-order chi connectivity index (χ1) is 30.5. The number of amides is 1. The number of cyclic esters (lactones) is 1. The number of carbonyl (C=O) groups is 3. The molecule has 18 nitrogen and oxygen atoms in total. The summed E-state index contributed by atoms with van der Waals surface area (Å²) in [6, 6.07) is 6.15. The van der Waals surface area contributed by atoms with Gasteiger partial charge in [-0.2, -0.15) is 0 Å². The molecule has 0 saturated carbocycles. The Hall–Kier alpha value is -3.72. The number of unbranched alkanes of at least 4 members (excludes halogenated alkanes) is 1. The molecule has 2 unspecified atom stereocenters. The van der Waals surface area contributed by atoms with Gasteiger partial charge in [0.25, 0.3) is 0 Å². The van der Waals surface area contributed by atoms with Crippen LogP contribution in [0, 0.1) is 17.8 Å². The van der Waals surface area contributed by atoms with Crippen molar-refractivity contribution in [2.24, 2.45) is 17.8 Å². The van der Waals surface area contributed by atoms with Gasteiger partial charge >= 0.3 is 12.1 Å². The number of aliphatic hydroxyl groups is 1. The number of nitrogens with two attached hydrogens (primary N) is 1. The molecule has 3 fully saturated rings. The van der Waals surface area contributed by atoms with E-state index in [0.29, 0.717) is 76.1 Å². The Morgan fingerprint density at radius 1 is 1.08 bits per heavy atom. The first-order valence-corrected chi connectivity index (χ1v) is 25.2. The summed E-state index contributed by atoms with van der Waals surface area (Å²) in [6.07, 6.45) is 0.940. The Labute approximate surface area is 385 Å². The highest BCUT2D eigenvalue weighted by molar-refractivity contribution is 7.90. The van der Waals surface area contributed by atoms with Crippen molar-refractivity contribution in [3.8, 4) is 11.3 Å². The van der Waals surface area contributed by atoms with Crippen molar-refractivity contribution in [1.82, 2.24) is 30.1 Å². The zero-order valence-electron chi connectivity index (χ0n) is 40.3. The maximum atomic E-state index is 14.5. The molecule has 0 bridgehead atoms. The number of benzene rings is 1. The van der Waals surface area contributed by atoms with Crippen LogP contribution in [-0.4, -0.2) is 162 Å². The fraction of sp³-hybridized carbons (Fsp3) is 0.761. The highest BCUT2D eigenvalue weighted by Gasteiger charge is 2.58. The molecule has 13 atom stereocenters. The Kier molecular flexibility index (Phi) is 17.6. The summed E-state index contributed by atoms with van der Waals surface area (Å²) in [5, 5.41) is 24.1. The zero-order valence-corrected chi connectivity index (χ0v) is 41.1. The van der Waals surface area contributed by atoms with Crippen LogP contribution in [0.3, 0.4) is 0 Å². The molecule has 3 saturated heterocycles. The highest BCUT2D eigenvalue weighted by atomic mass is 32.2. The van der Waals surface area contributed by atoms with Gasteiger partial charge in [0.05, 0.1) is 35.8 Å². The summed E-state index contributed by atoms with van der Waals surface area (Å²) in [4.78, 5) is 46.2. The van der Waals surface area contributed by atoms with E-state index in [9.17, 15) is 27.9 Å². The lowest BCUT2D eigenvalue weighted by molar-refractivity contribution is -0.296. The second kappa shape index (κ2) is 21.9. The Balaban J connectivity index is 1.36. The molecule has 366 valence electrons. The van der Waals surface area contributed by atoms with E-state index in [4.69, 9.17) is 29.4 Å². The SMILES string of the molecule is CC[C@H]1OC(=O)[C@H](C)C(=O)[C@H](C)[C@@H](O[C@@H]2O[C@H](C)CC(N(C)CCCS(C)(=O)=O)C2O)[C@](C)(OC)C[C@@H](C)CN[C@H](C)[C@H]2N(CCCCn3cc(-c4cccc(N)c4)nn3)C(=O)O[C@]12C. The topological polar surface area (TPSA) is 227 Å². The van der Waals surface area contributed by atoms with Gasteiger partial charge in [0.1, 0.15) is 33.7 Å². The first-order valence-electron chi connectivity index (χ1n) is 23.2. The van der Waals surface area contributed by atoms with Crippen molar-refractivity contribution in [2.75, 3.05) is 51.5 Å². The molecular weight excluding hydrogens is 859 g/mol. The second-order valence-electron chi connectivity index (χ2n) is 19.3. The number of anilines is 1. The minimum absolute atomic E-state index is 0.0223. The molecule has 0 aliphatic carbocycles. The minimum atomic E-state index is -3.16. The minimum Gasteiger partial charge on any atom is -0.458 e. The number of nitrogen functional groups attached to an aromatic ring is 1. The lowest BCUT2D eigenvalue weighted by Crippen LogP contribution is -2.61. The molecule has 1 aromatic heterocycles. The van der Waals surface area contributed by atoms with E-state index in [1.165, 1.54) is 13.2 Å². The highest BCUT2D eigenvalue weighted by Crippen LogP contribution is 2.40. The van der Waals surface area contributed by atoms with E-state index in [1.54, 1.807) is 30.5 Å². The number of hydrogen-bond acceptors (Lipinski definition) is 16. The van der Waals surface area contributed by atoms with Crippen LogP contribution in [0.1, 0.15) is 93.9 Å². The fourth-order valence-electron chi connectivity index (χ4n) is 10.1. The Bertz CT molecular complexity index is 2040. The van der Waals surface area contributed by atoms with Gasteiger partial charge in [-0.05, 0) is 111 Å². The standard InChI is InChI=1S/C46H75N7O11S/c1-12-37-46(8)40(53(44(57)64-46)21-14-13-20-52-27-35(49-50-52)33-17-15-18-34(47)24-33)32(6)48-26-28(2)25-45(7,60-10)41(30(4)38(54)31(5)42(56)62-37)63-43-39(55)36(23-29(3)61-43)51(9)19-16-22-65(11,58)59/h15,17-18,24,27-32,36-37,39-41,43,48,55H,12-14,16,19-23,25-26,47H2,1-11H3/t28-,29-,30+,31-,32-,36?,37-,39?,40-,41-,43+,45-,46-/m1/s1. The number of fused-ring (bicyclic) bond motifs is 1. The number of ketones is 1. The average Bonchev–Trinajstić information content (AvgIpc) is 3.83. The quantitative estimate of drug-likeness (QED) is 0.0990. The number of aliphatic hydroxyl groups excluding tert-OH is 1. The number of ether oxygens (including phenoxy) is 5. The number of likely N-dealkylation sites (N-methyl/N-ethyl adjacent to an activating group) is 1. The lowest BCUT2D eigenvalue weighted by Gasteiger charge is -2.47. The van der Waals surface area contributed by atoms with Gasteiger partial charge in [-0.15, -0.1) is 5.10 Å². The number of nitrogens with zero attached hydrogens (tertiary/aromatic N) is 5. The van der Waals surface area contributed by atoms with Crippen molar-refractivity contribution in [1.29, 1.82) is 0 Å². The van der Waals surface area contributed by atoms with Gasteiger partial charge in [0.2, 0.25) is 0 Å². The van der Waals surface area contributed by atoms with Crippen LogP contribution in [-0.2, 0) is 49.7 Å². The molecule has 1 amide bonds. The van der Waals surface area contributed by atoms with Crippen LogP contribution in [0.15, 0.2) is 30.5 Å². The van der Waals surface area contributed by atoms with Crippen molar-refractivity contribution in [3.05, 3.63) is 30.5 Å². The number of rotatable bonds is 15. The maximum absolute atomic E-state index is 14.5. The predicted octanol–water partition coefficient (Wildman–Crippen LogP) is 4.09. The number of aromatic nitrogens is 3. The van der Waals surface area contributed by atoms with Crippen LogP contribution < -0.4 is 11.1 Å². The average molecular weight is 934 g/mol. The van der Waals surface area contributed by atoms with Crippen LogP contribution in [0.25, 0.3) is 11.3 Å². The van der Waals surface area contributed by atoms with E-state index >= 15 is 0 Å². The molecule has 3 aliphatic rings. The van der Waals surface area contributed by atoms with E-state index in [2.05, 4.69) is 22.6 Å². The van der Waals surface area contributed by atoms with Crippen LogP contribution in [0.5, 0.6) is 0 Å². The molecule has 2 aromatic rings. The molecule has 19 heteroatoms. The zero-order chi connectivity index (χ0) is 48.0. The smallest absolute Gasteiger partial charge is 0.410 e. The molecule has 0 spiro atoms. The third-order valence-corrected chi connectivity index (χ3v) is 14.8. The number of nitrogens with one attached hydrogen (secondary N) is 1. The molecule has 3 aliphatic heterocycles. The fourth-order valence-corrected chi connectivity index (χ4v) is 10.8. The van der Waals surface area contributed by atoms with E-state index in [-0.39, 0.29) is 23.8 Å². The summed E-state index contributed by atoms with van der Waals surface area (Å²) in [5.41, 5.74) is 5.80. The number of aryl methyl sites for hydroxylation is 1. The van der Waals surface area contributed by atoms with Crippen molar-refractivity contribution in [2.45, 2.75) is 160 Å². The Morgan fingerprint density at radius 3 is 2.45 bits per heavy atom. The first kappa shape index (κ1) is 52.3. The van der Waals surface area contributed by atoms with Gasteiger partial charge in [0, 0.05) is 55.7 Å². The third-order valence-electron chi connectivity index (χ3n) is 13.7. The van der Waals surface area contributed by atoms with Crippen molar-refractivity contribution in [3.63, 3.8) is 0 Å². The van der Waals surface area contributed by atoms with Crippen LogP contribution >= 0.6 is 0 Å². The van der Waals surface area contributed by atoms with E-state index in [1.807, 2.05) is 70.1 Å². The number of esters is 1. The summed E-state index contributed by atoms with van der Waals surface area (Å²) >= 11 is 0. The molecule has 1 aromatic carbocycles. The largest absolute Gasteiger partial charge is 0.458 e. The maximum Gasteiger partial charge on any atom is 0.410 e. The summed E-state index contributed by atoms with van der Waals surface area (Å²) in [7, 11) is 0.233. The van der Waals surface area contributed by atoms with E-state index in [0.717, 1.165) is 5.56 Å². The molecule has 4 heterocycles. The summed E-state index contributed by atoms with van der Waals surface area (Å²) in [6.45, 7) is 16.5. The number of hydrogen-bond donors (Lipinski definition) is 3. The van der Waals surface area contributed by atoms with Crippen molar-refractivity contribution < 1.29 is 51.6 Å². The molecule has 65 heavy (non-hydrogen) atoms. The predicted molar refractivity (Wildman–Crippen MR) is 245 cm³/mol. The molecule has 0 radical (unpaired) electrons. The lowest BCUT2D eigenvalue weighted by atomic mass is 9.78. The van der Waals surface area contributed by atoms with E-state index < -0.39 is 87.4 Å². The number of carbonyl (C=O) groups excluding carboxylic acids is 3. The summed E-state index contributed by atoms with van der Waals surface area (Å²) < 4.78 is 57.1. The van der Waals surface area contributed by atoms with Crippen LogP contribution in [0.4, 0.5) is 10.5 Å². The van der Waals surface area contributed by atoms with Crippen molar-refractivity contribution >= 4 is 33.4 Å². The van der Waals surface area contributed by atoms with Gasteiger partial charge in [-0.1, -0.05) is 38.1 Å². The van der Waals surface area contributed by atoms with Gasteiger partial charge in [-0.3, -0.25) is 19.2 Å².